The van der Waals surface area contributed by atoms with Gasteiger partial charge in [0.25, 0.3) is 0 Å². The zero-order valence-electron chi connectivity index (χ0n) is 17.3. The van der Waals surface area contributed by atoms with Crippen molar-refractivity contribution in [3.8, 4) is 5.75 Å². The third-order valence-corrected chi connectivity index (χ3v) is 5.91. The van der Waals surface area contributed by atoms with Gasteiger partial charge >= 0.3 is 0 Å². The highest BCUT2D eigenvalue weighted by Gasteiger charge is 2.25. The van der Waals surface area contributed by atoms with Gasteiger partial charge in [-0.15, -0.1) is 0 Å². The summed E-state index contributed by atoms with van der Waals surface area (Å²) in [5.74, 6) is 1.71. The molecule has 1 unspecified atom stereocenters. The standard InChI is InChI=1S/C24H29N3O2/c1-18(29-20-13-7-4-8-14-20)24-25-21-15-9-10-16-22(21)27(24)17-23(28)26(2)19-11-5-3-6-12-19/h4,7-10,13-16,18-19H,3,5-6,11-12,17H2,1-2H3. The molecule has 1 fully saturated rings. The smallest absolute Gasteiger partial charge is 0.242 e. The van der Waals surface area contributed by atoms with Crippen molar-refractivity contribution in [3.05, 3.63) is 60.4 Å². The maximum atomic E-state index is 13.1. The van der Waals surface area contributed by atoms with Crippen molar-refractivity contribution in [3.63, 3.8) is 0 Å². The normalized spacial score (nSPS) is 15.9. The number of rotatable bonds is 6. The van der Waals surface area contributed by atoms with E-state index >= 15 is 0 Å². The van der Waals surface area contributed by atoms with Gasteiger partial charge in [-0.3, -0.25) is 4.79 Å². The quantitative estimate of drug-likeness (QED) is 0.596. The van der Waals surface area contributed by atoms with Crippen molar-refractivity contribution in [1.82, 2.24) is 14.5 Å². The number of benzene rings is 2. The monoisotopic (exact) mass is 391 g/mol. The highest BCUT2D eigenvalue weighted by Crippen LogP contribution is 2.26. The molecule has 3 aromatic rings. The average molecular weight is 392 g/mol. The number of carbonyl (C=O) groups excluding carboxylic acids is 1. The van der Waals surface area contributed by atoms with E-state index in [4.69, 9.17) is 9.72 Å². The molecule has 0 radical (unpaired) electrons. The van der Waals surface area contributed by atoms with Crippen LogP contribution in [0.15, 0.2) is 54.6 Å². The number of carbonyl (C=O) groups is 1. The number of nitrogens with zero attached hydrogens (tertiary/aromatic N) is 3. The number of para-hydroxylation sites is 3. The molecule has 4 rings (SSSR count). The van der Waals surface area contributed by atoms with Gasteiger partial charge in [0.05, 0.1) is 11.0 Å². The van der Waals surface area contributed by atoms with E-state index in [9.17, 15) is 4.79 Å². The molecule has 0 aliphatic heterocycles. The Hall–Kier alpha value is -2.82. The maximum absolute atomic E-state index is 13.1. The summed E-state index contributed by atoms with van der Waals surface area (Å²) < 4.78 is 8.14. The van der Waals surface area contributed by atoms with Gasteiger partial charge in [-0.05, 0) is 44.0 Å². The fraction of sp³-hybridized carbons (Fsp3) is 0.417. The third-order valence-electron chi connectivity index (χ3n) is 5.91. The Kier molecular flexibility index (Phi) is 5.84. The molecule has 0 spiro atoms. The summed E-state index contributed by atoms with van der Waals surface area (Å²) in [5, 5.41) is 0. The first-order valence-corrected chi connectivity index (χ1v) is 10.6. The molecule has 0 bridgehead atoms. The highest BCUT2D eigenvalue weighted by atomic mass is 16.5. The predicted octanol–water partition coefficient (Wildman–Crippen LogP) is 4.97. The van der Waals surface area contributed by atoms with Crippen LogP contribution in [-0.2, 0) is 11.3 Å². The fourth-order valence-electron chi connectivity index (χ4n) is 4.25. The Morgan fingerprint density at radius 2 is 1.79 bits per heavy atom. The van der Waals surface area contributed by atoms with E-state index < -0.39 is 0 Å². The van der Waals surface area contributed by atoms with Crippen LogP contribution >= 0.6 is 0 Å². The number of fused-ring (bicyclic) bond motifs is 1. The molecule has 0 N–H and O–H groups in total. The topological polar surface area (TPSA) is 47.4 Å². The molecule has 0 saturated heterocycles. The lowest BCUT2D eigenvalue weighted by atomic mass is 9.94. The summed E-state index contributed by atoms with van der Waals surface area (Å²) in [5.41, 5.74) is 1.86. The molecule has 5 nitrogen and oxygen atoms in total. The van der Waals surface area contributed by atoms with E-state index in [0.29, 0.717) is 6.04 Å². The number of imidazole rings is 1. The van der Waals surface area contributed by atoms with E-state index in [1.54, 1.807) is 0 Å². The molecule has 152 valence electrons. The van der Waals surface area contributed by atoms with Crippen molar-refractivity contribution >= 4 is 16.9 Å². The van der Waals surface area contributed by atoms with Crippen molar-refractivity contribution in [2.24, 2.45) is 0 Å². The molecule has 1 aliphatic rings. The SMILES string of the molecule is CC(Oc1ccccc1)c1nc2ccccc2n1CC(=O)N(C)C1CCCCC1. The molecule has 29 heavy (non-hydrogen) atoms. The number of ether oxygens (including phenoxy) is 1. The van der Waals surface area contributed by atoms with Crippen LogP contribution in [0.25, 0.3) is 11.0 Å². The van der Waals surface area contributed by atoms with Gasteiger partial charge in [-0.2, -0.15) is 0 Å². The van der Waals surface area contributed by atoms with Crippen LogP contribution in [0.4, 0.5) is 0 Å². The summed E-state index contributed by atoms with van der Waals surface area (Å²) >= 11 is 0. The Balaban J connectivity index is 1.60. The zero-order chi connectivity index (χ0) is 20.2. The minimum atomic E-state index is -0.266. The van der Waals surface area contributed by atoms with Gasteiger partial charge in [0.1, 0.15) is 12.3 Å². The van der Waals surface area contributed by atoms with Crippen LogP contribution in [0.1, 0.15) is 51.0 Å². The first-order valence-electron chi connectivity index (χ1n) is 10.6. The predicted molar refractivity (Wildman–Crippen MR) is 115 cm³/mol. The summed E-state index contributed by atoms with van der Waals surface area (Å²) in [6.45, 7) is 2.27. The van der Waals surface area contributed by atoms with E-state index in [-0.39, 0.29) is 18.6 Å². The Labute approximate surface area is 172 Å². The number of amides is 1. The number of likely N-dealkylation sites (N-methyl/N-ethyl adjacent to an activating group) is 1. The second-order valence-electron chi connectivity index (χ2n) is 7.91. The molecule has 2 aromatic carbocycles. The second kappa shape index (κ2) is 8.68. The molecule has 1 saturated carbocycles. The van der Waals surface area contributed by atoms with Crippen molar-refractivity contribution in [2.75, 3.05) is 7.05 Å². The van der Waals surface area contributed by atoms with Gasteiger partial charge < -0.3 is 14.2 Å². The van der Waals surface area contributed by atoms with Crippen molar-refractivity contribution < 1.29 is 9.53 Å². The van der Waals surface area contributed by atoms with Crippen LogP contribution in [0.3, 0.4) is 0 Å². The third kappa shape index (κ3) is 4.29. The number of aromatic nitrogens is 2. The summed E-state index contributed by atoms with van der Waals surface area (Å²) in [6, 6.07) is 18.1. The minimum absolute atomic E-state index is 0.133. The summed E-state index contributed by atoms with van der Waals surface area (Å²) in [6.07, 6.45) is 5.65. The Bertz CT molecular complexity index is 961. The van der Waals surface area contributed by atoms with Gasteiger partial charge in [-0.1, -0.05) is 49.6 Å². The Morgan fingerprint density at radius 3 is 2.55 bits per heavy atom. The molecule has 5 heteroatoms. The van der Waals surface area contributed by atoms with E-state index in [2.05, 4.69) is 0 Å². The van der Waals surface area contributed by atoms with Gasteiger partial charge in [0.15, 0.2) is 11.9 Å². The van der Waals surface area contributed by atoms with Gasteiger partial charge in [0, 0.05) is 13.1 Å². The van der Waals surface area contributed by atoms with Crippen LogP contribution < -0.4 is 4.74 Å². The molecule has 1 atom stereocenters. The zero-order valence-corrected chi connectivity index (χ0v) is 17.3. The first-order chi connectivity index (χ1) is 14.1. The minimum Gasteiger partial charge on any atom is -0.483 e. The second-order valence-corrected chi connectivity index (χ2v) is 7.91. The number of hydrogen-bond donors (Lipinski definition) is 0. The summed E-state index contributed by atoms with van der Waals surface area (Å²) in [7, 11) is 1.95. The van der Waals surface area contributed by atoms with Crippen LogP contribution in [0, 0.1) is 0 Å². The van der Waals surface area contributed by atoms with Gasteiger partial charge in [-0.25, -0.2) is 4.98 Å². The fourth-order valence-corrected chi connectivity index (χ4v) is 4.25. The molecular formula is C24H29N3O2. The van der Waals surface area contributed by atoms with E-state index in [1.807, 2.05) is 78.0 Å². The highest BCUT2D eigenvalue weighted by molar-refractivity contribution is 5.81. The molecule has 1 amide bonds. The van der Waals surface area contributed by atoms with Gasteiger partial charge in [0.2, 0.25) is 5.91 Å². The van der Waals surface area contributed by atoms with Crippen molar-refractivity contribution in [1.29, 1.82) is 0 Å². The Morgan fingerprint density at radius 1 is 1.10 bits per heavy atom. The molecule has 1 aliphatic carbocycles. The average Bonchev–Trinajstić information content (AvgIpc) is 3.13. The van der Waals surface area contributed by atoms with Crippen LogP contribution in [-0.4, -0.2) is 33.4 Å². The lowest BCUT2D eigenvalue weighted by Gasteiger charge is -2.31. The van der Waals surface area contributed by atoms with Crippen LogP contribution in [0.5, 0.6) is 5.75 Å². The number of hydrogen-bond acceptors (Lipinski definition) is 3. The lowest BCUT2D eigenvalue weighted by molar-refractivity contribution is -0.133. The lowest BCUT2D eigenvalue weighted by Crippen LogP contribution is -2.40. The summed E-state index contributed by atoms with van der Waals surface area (Å²) in [4.78, 5) is 19.9. The molecule has 1 heterocycles. The molecular weight excluding hydrogens is 362 g/mol. The van der Waals surface area contributed by atoms with E-state index in [0.717, 1.165) is 35.4 Å². The molecule has 1 aromatic heterocycles. The largest absolute Gasteiger partial charge is 0.483 e. The van der Waals surface area contributed by atoms with Crippen LogP contribution in [0.2, 0.25) is 0 Å². The van der Waals surface area contributed by atoms with Crippen molar-refractivity contribution in [2.45, 2.75) is 57.7 Å². The van der Waals surface area contributed by atoms with E-state index in [1.165, 1.54) is 19.3 Å². The first kappa shape index (κ1) is 19.5. The maximum Gasteiger partial charge on any atom is 0.242 e.